The number of ether oxygens (including phenoxy) is 1. The van der Waals surface area contributed by atoms with E-state index in [-0.39, 0.29) is 17.9 Å². The molecule has 2 amide bonds. The van der Waals surface area contributed by atoms with Gasteiger partial charge in [0.1, 0.15) is 5.75 Å². The Balaban J connectivity index is 1.60. The molecule has 0 unspecified atom stereocenters. The molecule has 3 rings (SSSR count). The van der Waals surface area contributed by atoms with Crippen LogP contribution in [0.1, 0.15) is 28.4 Å². The molecule has 0 spiro atoms. The van der Waals surface area contributed by atoms with Gasteiger partial charge in [0, 0.05) is 15.7 Å². The summed E-state index contributed by atoms with van der Waals surface area (Å²) in [7, 11) is 1.48. The molecule has 0 fully saturated rings. The maximum atomic E-state index is 12.4. The van der Waals surface area contributed by atoms with Gasteiger partial charge in [-0.3, -0.25) is 9.59 Å². The molecule has 3 aromatic rings. The number of hydrogen-bond acceptors (Lipinski definition) is 4. The molecule has 32 heavy (non-hydrogen) atoms. The van der Waals surface area contributed by atoms with Gasteiger partial charge in [-0.1, -0.05) is 47.5 Å². The molecule has 0 bridgehead atoms. The minimum absolute atomic E-state index is 0.131. The summed E-state index contributed by atoms with van der Waals surface area (Å²) < 4.78 is 5.19. The van der Waals surface area contributed by atoms with Crippen LogP contribution in [0.2, 0.25) is 10.0 Å². The predicted molar refractivity (Wildman–Crippen MR) is 128 cm³/mol. The van der Waals surface area contributed by atoms with E-state index >= 15 is 0 Å². The molecular formula is C24H21Cl2N3O3. The number of benzene rings is 3. The Morgan fingerprint density at radius 2 is 1.59 bits per heavy atom. The number of rotatable bonds is 7. The molecule has 0 saturated heterocycles. The predicted octanol–water partition coefficient (Wildman–Crippen LogP) is 5.34. The van der Waals surface area contributed by atoms with Crippen molar-refractivity contribution < 1.29 is 14.3 Å². The second kappa shape index (κ2) is 10.8. The number of amides is 2. The molecule has 2 N–H and O–H groups in total. The second-order valence-corrected chi connectivity index (χ2v) is 7.78. The first-order valence-corrected chi connectivity index (χ1v) is 10.4. The Morgan fingerprint density at radius 1 is 0.938 bits per heavy atom. The van der Waals surface area contributed by atoms with Crippen molar-refractivity contribution in [2.24, 2.45) is 5.10 Å². The van der Waals surface area contributed by atoms with E-state index in [2.05, 4.69) is 15.8 Å². The van der Waals surface area contributed by atoms with E-state index < -0.39 is 5.91 Å². The normalized spacial score (nSPS) is 11.1. The Kier molecular flexibility index (Phi) is 7.87. The molecule has 0 aromatic heterocycles. The number of nitrogens with one attached hydrogen (secondary N) is 2. The highest BCUT2D eigenvalue weighted by Crippen LogP contribution is 2.22. The van der Waals surface area contributed by atoms with Gasteiger partial charge in [0.05, 0.1) is 24.8 Å². The second-order valence-electron chi connectivity index (χ2n) is 6.91. The molecular weight excluding hydrogens is 449 g/mol. The van der Waals surface area contributed by atoms with Crippen LogP contribution in [0.5, 0.6) is 5.75 Å². The number of hydrogen-bond donors (Lipinski definition) is 2. The van der Waals surface area contributed by atoms with E-state index in [0.717, 1.165) is 11.1 Å². The number of halogens is 2. The topological polar surface area (TPSA) is 79.8 Å². The van der Waals surface area contributed by atoms with Crippen LogP contribution in [0.4, 0.5) is 5.69 Å². The number of anilines is 1. The van der Waals surface area contributed by atoms with Crippen molar-refractivity contribution in [1.29, 1.82) is 0 Å². The van der Waals surface area contributed by atoms with E-state index in [1.807, 2.05) is 24.3 Å². The van der Waals surface area contributed by atoms with Gasteiger partial charge in [-0.05, 0) is 60.5 Å². The lowest BCUT2D eigenvalue weighted by atomic mass is 10.1. The van der Waals surface area contributed by atoms with Gasteiger partial charge < -0.3 is 10.1 Å². The number of methoxy groups -OCH3 is 1. The van der Waals surface area contributed by atoms with Crippen LogP contribution in [0, 0.1) is 0 Å². The van der Waals surface area contributed by atoms with E-state index in [9.17, 15) is 9.59 Å². The minimum atomic E-state index is -0.435. The number of carbonyl (C=O) groups excluding carboxylic acids is 2. The summed E-state index contributed by atoms with van der Waals surface area (Å²) in [5.74, 6) is -0.165. The van der Waals surface area contributed by atoms with Crippen LogP contribution < -0.4 is 15.5 Å². The van der Waals surface area contributed by atoms with Crippen LogP contribution in [0.25, 0.3) is 0 Å². The Hall–Kier alpha value is -3.35. The summed E-state index contributed by atoms with van der Waals surface area (Å²) in [6, 6.07) is 19.1. The highest BCUT2D eigenvalue weighted by molar-refractivity contribution is 6.31. The zero-order valence-electron chi connectivity index (χ0n) is 17.5. The minimum Gasteiger partial charge on any atom is -0.496 e. The molecule has 3 aromatic carbocycles. The third kappa shape index (κ3) is 6.33. The van der Waals surface area contributed by atoms with Gasteiger partial charge in [-0.15, -0.1) is 0 Å². The number of nitrogens with zero attached hydrogens (tertiary/aromatic N) is 1. The zero-order valence-corrected chi connectivity index (χ0v) is 19.0. The standard InChI is InChI=1S/C24H21Cl2N3O3/c1-15(28-29-24(31)21-14-19(26)9-12-22(21)32-2)17-5-10-20(11-6-17)27-23(30)13-16-3-7-18(25)8-4-16/h3-12,14H,13H2,1-2H3,(H,27,30)(H,29,31)/b28-15+. The Labute approximate surface area is 196 Å². The average Bonchev–Trinajstić information content (AvgIpc) is 2.79. The van der Waals surface area contributed by atoms with Crippen molar-refractivity contribution in [2.75, 3.05) is 12.4 Å². The summed E-state index contributed by atoms with van der Waals surface area (Å²) in [6.07, 6.45) is 0.248. The molecule has 8 heteroatoms. The summed E-state index contributed by atoms with van der Waals surface area (Å²) in [6.45, 7) is 1.77. The van der Waals surface area contributed by atoms with Crippen molar-refractivity contribution in [2.45, 2.75) is 13.3 Å². The fourth-order valence-corrected chi connectivity index (χ4v) is 3.20. The van der Waals surface area contributed by atoms with Crippen LogP contribution in [-0.4, -0.2) is 24.6 Å². The molecule has 0 radical (unpaired) electrons. The highest BCUT2D eigenvalue weighted by atomic mass is 35.5. The molecule has 0 heterocycles. The first-order chi connectivity index (χ1) is 15.4. The summed E-state index contributed by atoms with van der Waals surface area (Å²) >= 11 is 11.8. The largest absolute Gasteiger partial charge is 0.496 e. The average molecular weight is 470 g/mol. The smallest absolute Gasteiger partial charge is 0.275 e. The van der Waals surface area contributed by atoms with E-state index in [4.69, 9.17) is 27.9 Å². The van der Waals surface area contributed by atoms with Crippen molar-refractivity contribution in [3.8, 4) is 5.75 Å². The van der Waals surface area contributed by atoms with Crippen molar-refractivity contribution in [3.05, 3.63) is 93.5 Å². The lowest BCUT2D eigenvalue weighted by molar-refractivity contribution is -0.115. The van der Waals surface area contributed by atoms with Crippen molar-refractivity contribution in [3.63, 3.8) is 0 Å². The molecule has 164 valence electrons. The van der Waals surface area contributed by atoms with Gasteiger partial charge in [0.2, 0.25) is 5.91 Å². The zero-order chi connectivity index (χ0) is 23.1. The highest BCUT2D eigenvalue weighted by Gasteiger charge is 2.13. The fourth-order valence-electron chi connectivity index (χ4n) is 2.90. The van der Waals surface area contributed by atoms with Crippen LogP contribution in [-0.2, 0) is 11.2 Å². The summed E-state index contributed by atoms with van der Waals surface area (Å²) in [5.41, 5.74) is 5.72. The fraction of sp³-hybridized carbons (Fsp3) is 0.125. The summed E-state index contributed by atoms with van der Waals surface area (Å²) in [4.78, 5) is 24.7. The molecule has 0 aliphatic carbocycles. The Morgan fingerprint density at radius 3 is 2.25 bits per heavy atom. The number of carbonyl (C=O) groups is 2. The molecule has 6 nitrogen and oxygen atoms in total. The third-order valence-electron chi connectivity index (χ3n) is 4.60. The van der Waals surface area contributed by atoms with E-state index in [1.54, 1.807) is 43.3 Å². The monoisotopic (exact) mass is 469 g/mol. The van der Waals surface area contributed by atoms with Crippen molar-refractivity contribution >= 4 is 46.4 Å². The first-order valence-electron chi connectivity index (χ1n) is 9.68. The molecule has 0 aliphatic rings. The quantitative estimate of drug-likeness (QED) is 0.362. The maximum Gasteiger partial charge on any atom is 0.275 e. The van der Waals surface area contributed by atoms with Crippen LogP contribution >= 0.6 is 23.2 Å². The van der Waals surface area contributed by atoms with Gasteiger partial charge in [-0.25, -0.2) is 5.43 Å². The van der Waals surface area contributed by atoms with Gasteiger partial charge in [0.15, 0.2) is 0 Å². The maximum absolute atomic E-state index is 12.4. The SMILES string of the molecule is COc1ccc(Cl)cc1C(=O)N/N=C(\C)c1ccc(NC(=O)Cc2ccc(Cl)cc2)cc1. The van der Waals surface area contributed by atoms with Crippen LogP contribution in [0.15, 0.2) is 71.8 Å². The first kappa shape index (κ1) is 23.3. The number of hydrazone groups is 1. The van der Waals surface area contributed by atoms with E-state index in [1.165, 1.54) is 13.2 Å². The van der Waals surface area contributed by atoms with Gasteiger partial charge >= 0.3 is 0 Å². The van der Waals surface area contributed by atoms with Crippen LogP contribution in [0.3, 0.4) is 0 Å². The van der Waals surface area contributed by atoms with E-state index in [0.29, 0.717) is 27.2 Å². The van der Waals surface area contributed by atoms with Gasteiger partial charge in [-0.2, -0.15) is 5.10 Å². The van der Waals surface area contributed by atoms with Crippen molar-refractivity contribution in [1.82, 2.24) is 5.43 Å². The molecule has 0 aliphatic heterocycles. The van der Waals surface area contributed by atoms with Gasteiger partial charge in [0.25, 0.3) is 5.91 Å². The third-order valence-corrected chi connectivity index (χ3v) is 5.08. The lowest BCUT2D eigenvalue weighted by Crippen LogP contribution is -2.20. The lowest BCUT2D eigenvalue weighted by Gasteiger charge is -2.09. The molecule has 0 atom stereocenters. The Bertz CT molecular complexity index is 1140. The molecule has 0 saturated carbocycles. The summed E-state index contributed by atoms with van der Waals surface area (Å²) in [5, 5.41) is 8.05.